The highest BCUT2D eigenvalue weighted by molar-refractivity contribution is 7.98. The van der Waals surface area contributed by atoms with E-state index in [1.54, 1.807) is 34.4 Å². The largest absolute Gasteiger partial charge is 0.346 e. The van der Waals surface area contributed by atoms with Gasteiger partial charge in [-0.2, -0.15) is 11.8 Å². The summed E-state index contributed by atoms with van der Waals surface area (Å²) in [7, 11) is 0. The molecule has 31 heavy (non-hydrogen) atoms. The molecule has 1 N–H and O–H groups in total. The second-order valence-corrected chi connectivity index (χ2v) is 11.0. The van der Waals surface area contributed by atoms with E-state index < -0.39 is 0 Å². The number of aromatic amines is 1. The first-order valence-electron chi connectivity index (χ1n) is 10.7. The molecule has 0 saturated carbocycles. The molecule has 0 radical (unpaired) electrons. The Morgan fingerprint density at radius 3 is 3.00 bits per heavy atom. The summed E-state index contributed by atoms with van der Waals surface area (Å²) in [4.78, 5) is 43.7. The molecule has 0 atom stereocenters. The third kappa shape index (κ3) is 4.51. The highest BCUT2D eigenvalue weighted by Crippen LogP contribution is 2.34. The minimum absolute atomic E-state index is 0.00886. The average Bonchev–Trinajstić information content (AvgIpc) is 3.46. The van der Waals surface area contributed by atoms with Crippen molar-refractivity contribution in [3.8, 4) is 0 Å². The maximum absolute atomic E-state index is 12.7. The number of thiazole rings is 1. The molecule has 10 heteroatoms. The number of thiophene rings is 1. The number of hydrogen-bond acceptors (Lipinski definition) is 8. The molecule has 1 aliphatic carbocycles. The first-order valence-corrected chi connectivity index (χ1v) is 13.6. The summed E-state index contributed by atoms with van der Waals surface area (Å²) in [5.74, 6) is 2.27. The zero-order valence-corrected chi connectivity index (χ0v) is 19.7. The third-order valence-corrected chi connectivity index (χ3v) is 8.85. The van der Waals surface area contributed by atoms with Gasteiger partial charge in [-0.05, 0) is 31.2 Å². The minimum atomic E-state index is -0.00886. The number of nitrogens with zero attached hydrogens (tertiary/aromatic N) is 4. The van der Waals surface area contributed by atoms with Gasteiger partial charge in [0.25, 0.3) is 5.56 Å². The number of H-pyrrole nitrogens is 1. The van der Waals surface area contributed by atoms with Crippen molar-refractivity contribution in [1.82, 2.24) is 19.9 Å². The van der Waals surface area contributed by atoms with Crippen LogP contribution in [0.4, 0.5) is 5.13 Å². The van der Waals surface area contributed by atoms with E-state index in [2.05, 4.69) is 19.9 Å². The van der Waals surface area contributed by atoms with Crippen LogP contribution >= 0.6 is 34.4 Å². The van der Waals surface area contributed by atoms with Gasteiger partial charge in [0.2, 0.25) is 5.91 Å². The van der Waals surface area contributed by atoms with Gasteiger partial charge in [0, 0.05) is 54.8 Å². The number of aromatic nitrogens is 3. The summed E-state index contributed by atoms with van der Waals surface area (Å²) in [6, 6.07) is 0. The predicted molar refractivity (Wildman–Crippen MR) is 129 cm³/mol. The number of aryl methyl sites for hydroxylation is 2. The van der Waals surface area contributed by atoms with Crippen molar-refractivity contribution in [3.05, 3.63) is 38.2 Å². The van der Waals surface area contributed by atoms with Gasteiger partial charge in [-0.3, -0.25) is 9.59 Å². The Kier molecular flexibility index (Phi) is 6.29. The number of nitrogens with one attached hydrogen (secondary N) is 1. The number of carbonyl (C=O) groups excluding carboxylic acids is 1. The van der Waals surface area contributed by atoms with Gasteiger partial charge in [-0.1, -0.05) is 0 Å². The fourth-order valence-corrected chi connectivity index (χ4v) is 7.10. The van der Waals surface area contributed by atoms with Crippen molar-refractivity contribution in [1.29, 1.82) is 0 Å². The van der Waals surface area contributed by atoms with Gasteiger partial charge in [-0.25, -0.2) is 9.97 Å². The van der Waals surface area contributed by atoms with Crippen LogP contribution in [0.5, 0.6) is 0 Å². The number of carbonyl (C=O) groups is 1. The van der Waals surface area contributed by atoms with Crippen LogP contribution < -0.4 is 10.5 Å². The monoisotopic (exact) mass is 475 g/mol. The average molecular weight is 476 g/mol. The van der Waals surface area contributed by atoms with E-state index in [0.717, 1.165) is 73.0 Å². The third-order valence-electron chi connectivity index (χ3n) is 5.86. The minimum Gasteiger partial charge on any atom is -0.346 e. The summed E-state index contributed by atoms with van der Waals surface area (Å²) in [6.07, 6.45) is 6.52. The molecule has 5 rings (SSSR count). The molecule has 1 amide bonds. The molecule has 2 aliphatic rings. The van der Waals surface area contributed by atoms with Crippen molar-refractivity contribution >= 4 is 55.7 Å². The Balaban J connectivity index is 1.11. The van der Waals surface area contributed by atoms with Crippen molar-refractivity contribution in [2.45, 2.75) is 37.9 Å². The van der Waals surface area contributed by atoms with Crippen molar-refractivity contribution in [2.24, 2.45) is 0 Å². The Hall–Kier alpha value is -1.91. The van der Waals surface area contributed by atoms with Gasteiger partial charge in [0.05, 0.1) is 11.1 Å². The van der Waals surface area contributed by atoms with E-state index in [9.17, 15) is 9.59 Å². The van der Waals surface area contributed by atoms with Gasteiger partial charge >= 0.3 is 0 Å². The first kappa shape index (κ1) is 21.0. The summed E-state index contributed by atoms with van der Waals surface area (Å²) >= 11 is 4.97. The Bertz CT molecular complexity index is 1120. The molecule has 3 aromatic heterocycles. The first-order chi connectivity index (χ1) is 15.2. The predicted octanol–water partition coefficient (Wildman–Crippen LogP) is 3.29. The Labute approximate surface area is 192 Å². The van der Waals surface area contributed by atoms with Gasteiger partial charge in [0.15, 0.2) is 5.13 Å². The second kappa shape index (κ2) is 9.30. The highest BCUT2D eigenvalue weighted by Gasteiger charge is 2.22. The number of amides is 1. The molecular formula is C21H25N5O2S3. The van der Waals surface area contributed by atoms with Crippen LogP contribution in [0.3, 0.4) is 0 Å². The van der Waals surface area contributed by atoms with E-state index in [4.69, 9.17) is 0 Å². The van der Waals surface area contributed by atoms with E-state index in [1.165, 1.54) is 10.4 Å². The topological polar surface area (TPSA) is 82.2 Å². The van der Waals surface area contributed by atoms with Crippen molar-refractivity contribution in [2.75, 3.05) is 36.8 Å². The van der Waals surface area contributed by atoms with Crippen LogP contribution in [0.25, 0.3) is 10.2 Å². The molecule has 1 fully saturated rings. The maximum atomic E-state index is 12.7. The van der Waals surface area contributed by atoms with Gasteiger partial charge < -0.3 is 14.8 Å². The zero-order valence-electron chi connectivity index (χ0n) is 17.3. The quantitative estimate of drug-likeness (QED) is 0.551. The Morgan fingerprint density at radius 1 is 1.19 bits per heavy atom. The van der Waals surface area contributed by atoms with Crippen LogP contribution in [-0.2, 0) is 23.4 Å². The fraction of sp³-hybridized carbons (Fsp3) is 0.524. The molecule has 0 aromatic carbocycles. The van der Waals surface area contributed by atoms with Crippen LogP contribution in [-0.4, -0.2) is 57.7 Å². The van der Waals surface area contributed by atoms with Crippen LogP contribution in [0, 0.1) is 0 Å². The van der Waals surface area contributed by atoms with Crippen molar-refractivity contribution < 1.29 is 4.79 Å². The summed E-state index contributed by atoms with van der Waals surface area (Å²) in [6.45, 7) is 3.33. The van der Waals surface area contributed by atoms with Crippen LogP contribution in [0.1, 0.15) is 35.5 Å². The smallest absolute Gasteiger partial charge is 0.259 e. The molecule has 7 nitrogen and oxygen atoms in total. The highest BCUT2D eigenvalue weighted by atomic mass is 32.2. The number of thioether (sulfide) groups is 1. The van der Waals surface area contributed by atoms with Crippen LogP contribution in [0.2, 0.25) is 0 Å². The zero-order chi connectivity index (χ0) is 21.2. The van der Waals surface area contributed by atoms with E-state index >= 15 is 0 Å². The standard InChI is InChI=1S/C21H25N5O2S3/c27-17(25-7-2-8-26(10-9-25)21-22-6-12-30-21)5-11-29-13-16-23-19(28)18-14-3-1-4-15(14)31-20(18)24-16/h6,12H,1-5,7-11,13H2,(H,23,24,28). The van der Waals surface area contributed by atoms with E-state index in [-0.39, 0.29) is 11.5 Å². The SMILES string of the molecule is O=C(CCSCc1nc2sc3c(c2c(=O)[nH]1)CCC3)N1CCCN(c2nccs2)CC1. The van der Waals surface area contributed by atoms with E-state index in [0.29, 0.717) is 18.0 Å². The lowest BCUT2D eigenvalue weighted by atomic mass is 10.2. The van der Waals surface area contributed by atoms with Crippen LogP contribution in [0.15, 0.2) is 16.4 Å². The fourth-order valence-electron chi connectivity index (χ4n) is 4.33. The summed E-state index contributed by atoms with van der Waals surface area (Å²) in [5.41, 5.74) is 1.20. The summed E-state index contributed by atoms with van der Waals surface area (Å²) < 4.78 is 0. The molecule has 3 aromatic rings. The molecule has 164 valence electrons. The lowest BCUT2D eigenvalue weighted by Gasteiger charge is -2.21. The number of rotatable bonds is 6. The van der Waals surface area contributed by atoms with Crippen molar-refractivity contribution in [3.63, 3.8) is 0 Å². The summed E-state index contributed by atoms with van der Waals surface area (Å²) in [5, 5.41) is 3.83. The molecule has 0 bridgehead atoms. The Morgan fingerprint density at radius 2 is 2.13 bits per heavy atom. The maximum Gasteiger partial charge on any atom is 0.259 e. The second-order valence-electron chi connectivity index (χ2n) is 7.89. The molecule has 4 heterocycles. The van der Waals surface area contributed by atoms with E-state index in [1.807, 2.05) is 16.5 Å². The number of fused-ring (bicyclic) bond motifs is 3. The van der Waals surface area contributed by atoms with Gasteiger partial charge in [-0.15, -0.1) is 22.7 Å². The molecule has 0 spiro atoms. The molecule has 1 aliphatic heterocycles. The number of anilines is 1. The molecular weight excluding hydrogens is 450 g/mol. The molecule has 0 unspecified atom stereocenters. The number of hydrogen-bond donors (Lipinski definition) is 1. The lowest BCUT2D eigenvalue weighted by Crippen LogP contribution is -2.35. The van der Waals surface area contributed by atoms with Gasteiger partial charge in [0.1, 0.15) is 10.7 Å². The lowest BCUT2D eigenvalue weighted by molar-refractivity contribution is -0.130. The normalized spacial score (nSPS) is 16.6. The molecule has 1 saturated heterocycles.